The lowest BCUT2D eigenvalue weighted by atomic mass is 10.1. The first kappa shape index (κ1) is 14.1. The van der Waals surface area contributed by atoms with Gasteiger partial charge in [-0.05, 0) is 30.7 Å². The van der Waals surface area contributed by atoms with Gasteiger partial charge in [-0.25, -0.2) is 0 Å². The summed E-state index contributed by atoms with van der Waals surface area (Å²) < 4.78 is 0. The second-order valence-corrected chi connectivity index (χ2v) is 4.65. The van der Waals surface area contributed by atoms with Crippen molar-refractivity contribution in [1.29, 1.82) is 0 Å². The van der Waals surface area contributed by atoms with Crippen molar-refractivity contribution in [2.75, 3.05) is 17.7 Å². The zero-order valence-electron chi connectivity index (χ0n) is 11.3. The Morgan fingerprint density at radius 3 is 2.50 bits per heavy atom. The molecular formula is C16H18N2O2. The third-order valence-corrected chi connectivity index (χ3v) is 3.16. The molecule has 2 aromatic rings. The molecule has 0 bridgehead atoms. The molecule has 4 N–H and O–H groups in total. The van der Waals surface area contributed by atoms with E-state index in [9.17, 15) is 9.90 Å². The van der Waals surface area contributed by atoms with Crippen LogP contribution in [0, 0.1) is 0 Å². The van der Waals surface area contributed by atoms with Gasteiger partial charge in [0.15, 0.2) is 5.78 Å². The molecule has 1 unspecified atom stereocenters. The van der Waals surface area contributed by atoms with Crippen LogP contribution >= 0.6 is 0 Å². The van der Waals surface area contributed by atoms with E-state index < -0.39 is 0 Å². The fourth-order valence-corrected chi connectivity index (χ4v) is 2.09. The number of hydrogen-bond acceptors (Lipinski definition) is 4. The number of rotatable bonds is 5. The second-order valence-electron chi connectivity index (χ2n) is 4.65. The average molecular weight is 270 g/mol. The molecule has 0 aliphatic carbocycles. The van der Waals surface area contributed by atoms with Crippen LogP contribution < -0.4 is 11.1 Å². The highest BCUT2D eigenvalue weighted by Gasteiger charge is 2.11. The minimum atomic E-state index is -0.209. The Labute approximate surface area is 118 Å². The van der Waals surface area contributed by atoms with Crippen molar-refractivity contribution in [2.24, 2.45) is 0 Å². The van der Waals surface area contributed by atoms with Crippen molar-refractivity contribution in [3.8, 4) is 0 Å². The zero-order valence-corrected chi connectivity index (χ0v) is 11.3. The maximum atomic E-state index is 11.3. The molecule has 0 amide bonds. The van der Waals surface area contributed by atoms with E-state index in [1.807, 2.05) is 30.3 Å². The highest BCUT2D eigenvalue weighted by atomic mass is 16.3. The number of Topliss-reactive ketones (excluding diaryl/α,β-unsaturated/α-hetero) is 1. The smallest absolute Gasteiger partial charge is 0.161 e. The van der Waals surface area contributed by atoms with Crippen LogP contribution in [0.15, 0.2) is 48.5 Å². The van der Waals surface area contributed by atoms with Crippen molar-refractivity contribution in [3.05, 3.63) is 59.7 Å². The van der Waals surface area contributed by atoms with Gasteiger partial charge >= 0.3 is 0 Å². The lowest BCUT2D eigenvalue weighted by Gasteiger charge is -2.18. The van der Waals surface area contributed by atoms with Crippen molar-refractivity contribution >= 4 is 17.2 Å². The topological polar surface area (TPSA) is 75.3 Å². The molecule has 4 heteroatoms. The lowest BCUT2D eigenvalue weighted by molar-refractivity contribution is 0.101. The Hall–Kier alpha value is -2.33. The SMILES string of the molecule is CC(=O)c1ccc(NC(CO)c2ccccc2)cc1N. The maximum absolute atomic E-state index is 11.3. The summed E-state index contributed by atoms with van der Waals surface area (Å²) in [4.78, 5) is 11.3. The van der Waals surface area contributed by atoms with E-state index in [1.165, 1.54) is 6.92 Å². The Morgan fingerprint density at radius 1 is 1.25 bits per heavy atom. The van der Waals surface area contributed by atoms with Gasteiger partial charge in [-0.15, -0.1) is 0 Å². The summed E-state index contributed by atoms with van der Waals surface area (Å²) >= 11 is 0. The number of aliphatic hydroxyl groups is 1. The number of hydrogen-bond donors (Lipinski definition) is 3. The van der Waals surface area contributed by atoms with Crippen LogP contribution in [0.4, 0.5) is 11.4 Å². The summed E-state index contributed by atoms with van der Waals surface area (Å²) in [6.45, 7) is 1.46. The molecule has 0 aromatic heterocycles. The van der Waals surface area contributed by atoms with E-state index in [0.29, 0.717) is 11.3 Å². The van der Waals surface area contributed by atoms with E-state index in [-0.39, 0.29) is 18.4 Å². The van der Waals surface area contributed by atoms with E-state index in [2.05, 4.69) is 5.32 Å². The van der Waals surface area contributed by atoms with E-state index >= 15 is 0 Å². The number of carbonyl (C=O) groups is 1. The van der Waals surface area contributed by atoms with Gasteiger partial charge in [-0.1, -0.05) is 30.3 Å². The molecule has 0 saturated carbocycles. The molecule has 20 heavy (non-hydrogen) atoms. The van der Waals surface area contributed by atoms with Crippen molar-refractivity contribution in [3.63, 3.8) is 0 Å². The summed E-state index contributed by atoms with van der Waals surface area (Å²) in [6.07, 6.45) is 0. The number of nitrogens with one attached hydrogen (secondary N) is 1. The van der Waals surface area contributed by atoms with Gasteiger partial charge < -0.3 is 16.2 Å². The lowest BCUT2D eigenvalue weighted by Crippen LogP contribution is -2.15. The Morgan fingerprint density at radius 2 is 1.95 bits per heavy atom. The molecule has 4 nitrogen and oxygen atoms in total. The number of benzene rings is 2. The Balaban J connectivity index is 2.20. The summed E-state index contributed by atoms with van der Waals surface area (Å²) in [7, 11) is 0. The molecule has 0 aliphatic rings. The number of aliphatic hydroxyl groups excluding tert-OH is 1. The van der Waals surface area contributed by atoms with Crippen LogP contribution in [-0.2, 0) is 0 Å². The second kappa shape index (κ2) is 6.21. The summed E-state index contributed by atoms with van der Waals surface area (Å²) in [5, 5.41) is 12.7. The van der Waals surface area contributed by atoms with E-state index in [4.69, 9.17) is 5.73 Å². The molecule has 0 spiro atoms. The van der Waals surface area contributed by atoms with Crippen LogP contribution in [0.25, 0.3) is 0 Å². The summed E-state index contributed by atoms with van der Waals surface area (Å²) in [6, 6.07) is 14.7. The minimum absolute atomic E-state index is 0.0294. The summed E-state index contributed by atoms with van der Waals surface area (Å²) in [5.74, 6) is -0.0594. The first-order valence-corrected chi connectivity index (χ1v) is 6.44. The van der Waals surface area contributed by atoms with Gasteiger partial charge in [-0.3, -0.25) is 4.79 Å². The molecule has 1 atom stereocenters. The fourth-order valence-electron chi connectivity index (χ4n) is 2.09. The standard InChI is InChI=1S/C16H18N2O2/c1-11(20)14-8-7-13(9-15(14)17)18-16(10-19)12-5-3-2-4-6-12/h2-9,16,18-19H,10,17H2,1H3. The number of nitrogens with two attached hydrogens (primary N) is 1. The first-order chi connectivity index (χ1) is 9.61. The van der Waals surface area contributed by atoms with Gasteiger partial charge in [0, 0.05) is 16.9 Å². The Kier molecular flexibility index (Phi) is 4.38. The van der Waals surface area contributed by atoms with Gasteiger partial charge in [0.2, 0.25) is 0 Å². The number of carbonyl (C=O) groups excluding carboxylic acids is 1. The predicted octanol–water partition coefficient (Wildman–Crippen LogP) is 2.62. The predicted molar refractivity (Wildman–Crippen MR) is 80.8 cm³/mol. The molecule has 0 radical (unpaired) electrons. The van der Waals surface area contributed by atoms with Crippen LogP contribution in [0.2, 0.25) is 0 Å². The fraction of sp³-hybridized carbons (Fsp3) is 0.188. The average Bonchev–Trinajstić information content (AvgIpc) is 2.45. The number of ketones is 1. The molecule has 104 valence electrons. The minimum Gasteiger partial charge on any atom is -0.398 e. The van der Waals surface area contributed by atoms with Gasteiger partial charge in [0.1, 0.15) is 0 Å². The third-order valence-electron chi connectivity index (χ3n) is 3.16. The van der Waals surface area contributed by atoms with Crippen molar-refractivity contribution in [1.82, 2.24) is 0 Å². The first-order valence-electron chi connectivity index (χ1n) is 6.44. The quantitative estimate of drug-likeness (QED) is 0.576. The molecular weight excluding hydrogens is 252 g/mol. The van der Waals surface area contributed by atoms with Crippen LogP contribution in [0.1, 0.15) is 28.9 Å². The highest BCUT2D eigenvalue weighted by Crippen LogP contribution is 2.23. The molecule has 2 aromatic carbocycles. The molecule has 0 fully saturated rings. The van der Waals surface area contributed by atoms with Crippen LogP contribution in [0.5, 0.6) is 0 Å². The van der Waals surface area contributed by atoms with Crippen molar-refractivity contribution in [2.45, 2.75) is 13.0 Å². The zero-order chi connectivity index (χ0) is 14.5. The molecule has 0 heterocycles. The molecule has 0 saturated heterocycles. The van der Waals surface area contributed by atoms with Gasteiger partial charge in [0.05, 0.1) is 12.6 Å². The van der Waals surface area contributed by atoms with Crippen LogP contribution in [-0.4, -0.2) is 17.5 Å². The van der Waals surface area contributed by atoms with Gasteiger partial charge in [0.25, 0.3) is 0 Å². The van der Waals surface area contributed by atoms with Crippen LogP contribution in [0.3, 0.4) is 0 Å². The van der Waals surface area contributed by atoms with Gasteiger partial charge in [-0.2, -0.15) is 0 Å². The summed E-state index contributed by atoms with van der Waals surface area (Å²) in [5.41, 5.74) is 8.57. The normalized spacial score (nSPS) is 11.9. The monoisotopic (exact) mass is 270 g/mol. The van der Waals surface area contributed by atoms with E-state index in [0.717, 1.165) is 11.3 Å². The number of anilines is 2. The largest absolute Gasteiger partial charge is 0.398 e. The number of nitrogen functional groups attached to an aromatic ring is 1. The van der Waals surface area contributed by atoms with Crippen molar-refractivity contribution < 1.29 is 9.90 Å². The van der Waals surface area contributed by atoms with E-state index in [1.54, 1.807) is 18.2 Å². The Bertz CT molecular complexity index is 597. The molecule has 0 aliphatic heterocycles. The maximum Gasteiger partial charge on any atom is 0.161 e. The highest BCUT2D eigenvalue weighted by molar-refractivity contribution is 5.99. The third kappa shape index (κ3) is 3.16. The molecule has 2 rings (SSSR count).